The summed E-state index contributed by atoms with van der Waals surface area (Å²) in [7, 11) is 0. The van der Waals surface area contributed by atoms with Gasteiger partial charge in [-0.05, 0) is 25.9 Å². The Hall–Kier alpha value is -1.14. The molecule has 1 aliphatic rings. The van der Waals surface area contributed by atoms with E-state index in [2.05, 4.69) is 4.90 Å². The molecule has 1 aliphatic heterocycles. The van der Waals surface area contributed by atoms with E-state index in [-0.39, 0.29) is 13.0 Å². The Kier molecular flexibility index (Phi) is 5.93. The molecule has 6 heteroatoms. The van der Waals surface area contributed by atoms with Gasteiger partial charge >= 0.3 is 11.9 Å². The van der Waals surface area contributed by atoms with Crippen molar-refractivity contribution in [1.82, 2.24) is 9.80 Å². The van der Waals surface area contributed by atoms with Crippen LogP contribution in [0.15, 0.2) is 0 Å². The Morgan fingerprint density at radius 2 is 1.71 bits per heavy atom. The van der Waals surface area contributed by atoms with Crippen LogP contribution in [0, 0.1) is 0 Å². The number of hydrogen-bond donors (Lipinski definition) is 2. The molecule has 1 rings (SSSR count). The van der Waals surface area contributed by atoms with E-state index in [0.717, 1.165) is 19.6 Å². The predicted octanol–water partition coefficient (Wildman–Crippen LogP) is -0.0565. The first-order valence-electron chi connectivity index (χ1n) is 5.96. The first-order valence-corrected chi connectivity index (χ1v) is 5.96. The number of hydrogen-bond acceptors (Lipinski definition) is 4. The second-order valence-electron chi connectivity index (χ2n) is 4.36. The van der Waals surface area contributed by atoms with E-state index >= 15 is 0 Å². The van der Waals surface area contributed by atoms with Crippen LogP contribution in [0.2, 0.25) is 0 Å². The minimum atomic E-state index is -0.906. The maximum absolute atomic E-state index is 10.6. The van der Waals surface area contributed by atoms with E-state index in [4.69, 9.17) is 10.2 Å². The molecular formula is C11H20N2O4. The summed E-state index contributed by atoms with van der Waals surface area (Å²) in [6, 6.07) is 0. The van der Waals surface area contributed by atoms with Crippen LogP contribution in [-0.2, 0) is 9.59 Å². The molecule has 0 aromatic carbocycles. The zero-order valence-electron chi connectivity index (χ0n) is 9.97. The fourth-order valence-corrected chi connectivity index (χ4v) is 2.00. The summed E-state index contributed by atoms with van der Waals surface area (Å²) >= 11 is 0. The molecule has 0 radical (unpaired) electrons. The molecular weight excluding hydrogens is 224 g/mol. The molecule has 6 nitrogen and oxygen atoms in total. The van der Waals surface area contributed by atoms with Crippen molar-refractivity contribution in [3.8, 4) is 0 Å². The second kappa shape index (κ2) is 7.24. The van der Waals surface area contributed by atoms with Crippen LogP contribution < -0.4 is 0 Å². The third kappa shape index (κ3) is 6.23. The Labute approximate surface area is 101 Å². The van der Waals surface area contributed by atoms with Crippen LogP contribution in [0.3, 0.4) is 0 Å². The molecule has 98 valence electrons. The number of rotatable bonds is 8. The number of nitrogens with zero attached hydrogens (tertiary/aromatic N) is 2. The predicted molar refractivity (Wildman–Crippen MR) is 62.0 cm³/mol. The summed E-state index contributed by atoms with van der Waals surface area (Å²) in [4.78, 5) is 25.1. The monoisotopic (exact) mass is 244 g/mol. The van der Waals surface area contributed by atoms with Crippen LogP contribution in [0.25, 0.3) is 0 Å². The van der Waals surface area contributed by atoms with E-state index in [1.807, 2.05) is 0 Å². The Bertz CT molecular complexity index is 264. The van der Waals surface area contributed by atoms with Crippen molar-refractivity contribution in [3.05, 3.63) is 0 Å². The van der Waals surface area contributed by atoms with Gasteiger partial charge in [-0.1, -0.05) is 0 Å². The number of likely N-dealkylation sites (tertiary alicyclic amines) is 1. The molecule has 0 aromatic heterocycles. The molecule has 0 aliphatic carbocycles. The minimum Gasteiger partial charge on any atom is -0.481 e. The zero-order chi connectivity index (χ0) is 12.7. The summed E-state index contributed by atoms with van der Waals surface area (Å²) in [5.74, 6) is -1.79. The fourth-order valence-electron chi connectivity index (χ4n) is 2.00. The smallest absolute Gasteiger partial charge is 0.317 e. The third-order valence-corrected chi connectivity index (χ3v) is 2.93. The van der Waals surface area contributed by atoms with Crippen molar-refractivity contribution in [2.75, 3.05) is 39.3 Å². The van der Waals surface area contributed by atoms with Gasteiger partial charge in [-0.2, -0.15) is 0 Å². The summed E-state index contributed by atoms with van der Waals surface area (Å²) < 4.78 is 0. The second-order valence-corrected chi connectivity index (χ2v) is 4.36. The lowest BCUT2D eigenvalue weighted by atomic mass is 10.3. The van der Waals surface area contributed by atoms with Crippen LogP contribution in [0.4, 0.5) is 0 Å². The van der Waals surface area contributed by atoms with Gasteiger partial charge in [0.15, 0.2) is 0 Å². The highest BCUT2D eigenvalue weighted by molar-refractivity contribution is 5.69. The van der Waals surface area contributed by atoms with Gasteiger partial charge in [0.2, 0.25) is 0 Å². The Balaban J connectivity index is 2.28. The van der Waals surface area contributed by atoms with Crippen LogP contribution in [0.5, 0.6) is 0 Å². The summed E-state index contributed by atoms with van der Waals surface area (Å²) in [6.45, 7) is 3.81. The van der Waals surface area contributed by atoms with Gasteiger partial charge in [0.1, 0.15) is 0 Å². The molecule has 0 aromatic rings. The van der Waals surface area contributed by atoms with E-state index < -0.39 is 11.9 Å². The van der Waals surface area contributed by atoms with Gasteiger partial charge in [0, 0.05) is 19.6 Å². The Morgan fingerprint density at radius 1 is 1.06 bits per heavy atom. The molecule has 1 heterocycles. The van der Waals surface area contributed by atoms with E-state index in [1.54, 1.807) is 4.90 Å². The van der Waals surface area contributed by atoms with Crippen molar-refractivity contribution >= 4 is 11.9 Å². The van der Waals surface area contributed by atoms with Crippen molar-refractivity contribution in [1.29, 1.82) is 0 Å². The highest BCUT2D eigenvalue weighted by atomic mass is 16.4. The normalized spacial score (nSPS) is 16.5. The molecule has 2 N–H and O–H groups in total. The van der Waals surface area contributed by atoms with Crippen molar-refractivity contribution < 1.29 is 19.8 Å². The lowest BCUT2D eigenvalue weighted by Gasteiger charge is -2.23. The van der Waals surface area contributed by atoms with Crippen LogP contribution >= 0.6 is 0 Å². The highest BCUT2D eigenvalue weighted by Gasteiger charge is 2.15. The van der Waals surface area contributed by atoms with Gasteiger partial charge in [0.05, 0.1) is 13.0 Å². The molecule has 1 fully saturated rings. The van der Waals surface area contributed by atoms with E-state index in [0.29, 0.717) is 13.1 Å². The molecule has 0 saturated carbocycles. The lowest BCUT2D eigenvalue weighted by molar-refractivity contribution is -0.141. The molecule has 0 bridgehead atoms. The van der Waals surface area contributed by atoms with Gasteiger partial charge < -0.3 is 15.1 Å². The number of aliphatic carboxylic acids is 2. The third-order valence-electron chi connectivity index (χ3n) is 2.93. The fraction of sp³-hybridized carbons (Fsp3) is 0.818. The van der Waals surface area contributed by atoms with E-state index in [9.17, 15) is 9.59 Å². The summed E-state index contributed by atoms with van der Waals surface area (Å²) in [5, 5.41) is 17.3. The number of carboxylic acids is 2. The average molecular weight is 244 g/mol. The summed E-state index contributed by atoms with van der Waals surface area (Å²) in [5.41, 5.74) is 0. The number of carbonyl (C=O) groups is 2. The number of carboxylic acid groups (broad SMARTS) is 2. The van der Waals surface area contributed by atoms with Crippen LogP contribution in [0.1, 0.15) is 19.3 Å². The van der Waals surface area contributed by atoms with Gasteiger partial charge in [-0.15, -0.1) is 0 Å². The molecule has 1 saturated heterocycles. The Morgan fingerprint density at radius 3 is 2.24 bits per heavy atom. The highest BCUT2D eigenvalue weighted by Crippen LogP contribution is 2.06. The van der Waals surface area contributed by atoms with Crippen molar-refractivity contribution in [2.24, 2.45) is 0 Å². The maximum atomic E-state index is 10.6. The standard InChI is InChI=1S/C11H20N2O4/c14-10(15)3-6-13(9-11(16)17)8-7-12-4-1-2-5-12/h1-9H2,(H,14,15)(H,16,17). The molecule has 0 amide bonds. The molecule has 0 unspecified atom stereocenters. The van der Waals surface area contributed by atoms with E-state index in [1.165, 1.54) is 12.8 Å². The van der Waals surface area contributed by atoms with Gasteiger partial charge in [-0.25, -0.2) is 0 Å². The SMILES string of the molecule is O=C(O)CCN(CCN1CCCC1)CC(=O)O. The molecule has 0 spiro atoms. The topological polar surface area (TPSA) is 81.1 Å². The zero-order valence-corrected chi connectivity index (χ0v) is 9.97. The summed E-state index contributed by atoms with van der Waals surface area (Å²) in [6.07, 6.45) is 2.40. The van der Waals surface area contributed by atoms with Crippen LogP contribution in [-0.4, -0.2) is 71.2 Å². The minimum absolute atomic E-state index is 0.00667. The first-order chi connectivity index (χ1) is 8.08. The molecule has 17 heavy (non-hydrogen) atoms. The lowest BCUT2D eigenvalue weighted by Crippen LogP contribution is -2.38. The first kappa shape index (κ1) is 13.9. The van der Waals surface area contributed by atoms with Crippen molar-refractivity contribution in [2.45, 2.75) is 19.3 Å². The van der Waals surface area contributed by atoms with Gasteiger partial charge in [-0.3, -0.25) is 14.5 Å². The van der Waals surface area contributed by atoms with Gasteiger partial charge in [0.25, 0.3) is 0 Å². The largest absolute Gasteiger partial charge is 0.481 e. The molecule has 0 atom stereocenters. The quantitative estimate of drug-likeness (QED) is 0.623. The average Bonchev–Trinajstić information content (AvgIpc) is 2.74. The van der Waals surface area contributed by atoms with Crippen molar-refractivity contribution in [3.63, 3.8) is 0 Å². The maximum Gasteiger partial charge on any atom is 0.317 e.